The summed E-state index contributed by atoms with van der Waals surface area (Å²) in [6, 6.07) is 17.1. The van der Waals surface area contributed by atoms with Gasteiger partial charge in [0.2, 0.25) is 5.91 Å². The van der Waals surface area contributed by atoms with Crippen molar-refractivity contribution in [2.24, 2.45) is 5.92 Å². The molecule has 2 heterocycles. The number of benzene rings is 3. The molecule has 4 aromatic rings. The number of nitriles is 1. The number of carbonyl (C=O) groups excluding carboxylic acids is 1. The smallest absolute Gasteiger partial charge is 0.224 e. The molecule has 0 bridgehead atoms. The quantitative estimate of drug-likeness (QED) is 0.149. The fourth-order valence-corrected chi connectivity index (χ4v) is 7.97. The highest BCUT2D eigenvalue weighted by Crippen LogP contribution is 2.38. The number of carbonyl (C=O) groups is 1. The predicted octanol–water partition coefficient (Wildman–Crippen LogP) is 8.74. The van der Waals surface area contributed by atoms with Gasteiger partial charge in [0.25, 0.3) is 0 Å². The number of anilines is 3. The maximum Gasteiger partial charge on any atom is 0.224 e. The molecule has 1 aliphatic heterocycles. The van der Waals surface area contributed by atoms with Gasteiger partial charge in [-0.1, -0.05) is 45.3 Å². The molecule has 7 nitrogen and oxygen atoms in total. The fourth-order valence-electron chi connectivity index (χ4n) is 4.71. The SMILES string of the molecule is CCOc1cc2ncc(C#N)c(Nc3ccc(OCc4cccc(F)c4)c(Cl)c3)c2cc1NC(=O)CCCC1CSSC1. The summed E-state index contributed by atoms with van der Waals surface area (Å²) in [7, 11) is 3.80. The lowest BCUT2D eigenvalue weighted by molar-refractivity contribution is -0.116. The van der Waals surface area contributed by atoms with Crippen LogP contribution in [0.25, 0.3) is 10.9 Å². The third-order valence-electron chi connectivity index (χ3n) is 6.86. The van der Waals surface area contributed by atoms with Gasteiger partial charge in [-0.2, -0.15) is 5.26 Å². The first-order valence-electron chi connectivity index (χ1n) is 13.9. The molecule has 3 aromatic carbocycles. The van der Waals surface area contributed by atoms with Gasteiger partial charge in [-0.3, -0.25) is 9.78 Å². The van der Waals surface area contributed by atoms with Crippen LogP contribution in [0.3, 0.4) is 0 Å². The van der Waals surface area contributed by atoms with Gasteiger partial charge in [0, 0.05) is 41.3 Å². The van der Waals surface area contributed by atoms with Crippen LogP contribution in [-0.2, 0) is 11.4 Å². The molecule has 43 heavy (non-hydrogen) atoms. The maximum atomic E-state index is 13.5. The van der Waals surface area contributed by atoms with E-state index in [0.717, 1.165) is 24.3 Å². The van der Waals surface area contributed by atoms with E-state index in [0.29, 0.717) is 74.6 Å². The van der Waals surface area contributed by atoms with Crippen molar-refractivity contribution in [3.8, 4) is 17.6 Å². The first-order valence-corrected chi connectivity index (χ1v) is 16.8. The Morgan fingerprint density at radius 1 is 1.14 bits per heavy atom. The second-order valence-corrected chi connectivity index (χ2v) is 13.0. The van der Waals surface area contributed by atoms with Crippen molar-refractivity contribution in [3.63, 3.8) is 0 Å². The van der Waals surface area contributed by atoms with Gasteiger partial charge in [-0.25, -0.2) is 4.39 Å². The van der Waals surface area contributed by atoms with E-state index in [1.165, 1.54) is 18.3 Å². The second-order valence-electron chi connectivity index (χ2n) is 10.0. The van der Waals surface area contributed by atoms with Crippen LogP contribution in [0.4, 0.5) is 21.5 Å². The Labute approximate surface area is 262 Å². The van der Waals surface area contributed by atoms with E-state index in [2.05, 4.69) is 21.7 Å². The Hall–Kier alpha value is -3.65. The number of pyridine rings is 1. The molecule has 5 rings (SSSR count). The molecule has 1 aliphatic rings. The van der Waals surface area contributed by atoms with Gasteiger partial charge in [0.15, 0.2) is 0 Å². The number of fused-ring (bicyclic) bond motifs is 1. The average Bonchev–Trinajstić information content (AvgIpc) is 3.51. The minimum absolute atomic E-state index is 0.0851. The number of hydrogen-bond acceptors (Lipinski definition) is 8. The van der Waals surface area contributed by atoms with E-state index in [9.17, 15) is 14.4 Å². The third kappa shape index (κ3) is 8.05. The van der Waals surface area contributed by atoms with Crippen LogP contribution in [0.2, 0.25) is 5.02 Å². The number of amides is 1. The standard InChI is InChI=1S/C32H30ClFN4O3S2/c1-2-40-30-14-27-25(13-28(30)38-31(39)8-4-6-21-18-42-43-19-21)32(22(15-35)16-36-27)37-24-9-10-29(26(33)12-24)41-17-20-5-3-7-23(34)11-20/h3,5,7,9-14,16,21H,2,4,6,8,17-19H2,1H3,(H,36,37)(H,38,39). The summed E-state index contributed by atoms with van der Waals surface area (Å²) in [5.74, 6) is 3.48. The van der Waals surface area contributed by atoms with Gasteiger partial charge in [0.05, 0.1) is 34.1 Å². The van der Waals surface area contributed by atoms with E-state index in [1.807, 2.05) is 28.5 Å². The number of aromatic nitrogens is 1. The molecule has 0 unspecified atom stereocenters. The fraction of sp³-hybridized carbons (Fsp3) is 0.281. The van der Waals surface area contributed by atoms with Crippen LogP contribution >= 0.6 is 33.2 Å². The molecule has 0 aliphatic carbocycles. The Morgan fingerprint density at radius 2 is 1.98 bits per heavy atom. The zero-order valence-electron chi connectivity index (χ0n) is 23.5. The van der Waals surface area contributed by atoms with E-state index in [1.54, 1.807) is 42.5 Å². The van der Waals surface area contributed by atoms with Crippen LogP contribution in [0.15, 0.2) is 60.8 Å². The summed E-state index contributed by atoms with van der Waals surface area (Å²) in [6.45, 7) is 2.45. The molecule has 0 radical (unpaired) electrons. The van der Waals surface area contributed by atoms with Crippen molar-refractivity contribution in [2.45, 2.75) is 32.8 Å². The van der Waals surface area contributed by atoms with E-state index in [-0.39, 0.29) is 18.3 Å². The molecule has 1 amide bonds. The Morgan fingerprint density at radius 3 is 2.72 bits per heavy atom. The molecular weight excluding hydrogens is 607 g/mol. The van der Waals surface area contributed by atoms with Crippen molar-refractivity contribution < 1.29 is 18.7 Å². The molecule has 11 heteroatoms. The molecule has 2 N–H and O–H groups in total. The zero-order valence-corrected chi connectivity index (χ0v) is 25.9. The first kappa shape index (κ1) is 30.8. The number of halogens is 2. The lowest BCUT2D eigenvalue weighted by Crippen LogP contribution is -2.13. The van der Waals surface area contributed by atoms with Crippen LogP contribution in [0, 0.1) is 23.1 Å². The summed E-state index contributed by atoms with van der Waals surface area (Å²) < 4.78 is 25.1. The van der Waals surface area contributed by atoms with Gasteiger partial charge < -0.3 is 20.1 Å². The highest BCUT2D eigenvalue weighted by Gasteiger charge is 2.18. The molecule has 1 saturated heterocycles. The topological polar surface area (TPSA) is 96.3 Å². The van der Waals surface area contributed by atoms with E-state index >= 15 is 0 Å². The maximum absolute atomic E-state index is 13.5. The highest BCUT2D eigenvalue weighted by molar-refractivity contribution is 8.77. The monoisotopic (exact) mass is 636 g/mol. The zero-order chi connectivity index (χ0) is 30.2. The van der Waals surface area contributed by atoms with Gasteiger partial charge >= 0.3 is 0 Å². The number of hydrogen-bond donors (Lipinski definition) is 2. The molecular formula is C32H30ClFN4O3S2. The lowest BCUT2D eigenvalue weighted by atomic mass is 10.1. The number of ether oxygens (including phenoxy) is 2. The average molecular weight is 637 g/mol. The van der Waals surface area contributed by atoms with Crippen molar-refractivity contribution in [3.05, 3.63) is 82.8 Å². The van der Waals surface area contributed by atoms with Crippen molar-refractivity contribution in [2.75, 3.05) is 28.7 Å². The summed E-state index contributed by atoms with van der Waals surface area (Å²) in [4.78, 5) is 17.4. The van der Waals surface area contributed by atoms with Crippen molar-refractivity contribution in [1.29, 1.82) is 5.26 Å². The third-order valence-corrected chi connectivity index (χ3v) is 9.85. The molecule has 1 aromatic heterocycles. The van der Waals surface area contributed by atoms with E-state index < -0.39 is 0 Å². The summed E-state index contributed by atoms with van der Waals surface area (Å²) in [6.07, 6.45) is 3.77. The number of rotatable bonds is 12. The molecule has 0 spiro atoms. The summed E-state index contributed by atoms with van der Waals surface area (Å²) >= 11 is 6.52. The predicted molar refractivity (Wildman–Crippen MR) is 174 cm³/mol. The minimum Gasteiger partial charge on any atom is -0.492 e. The Balaban J connectivity index is 1.37. The molecule has 0 saturated carbocycles. The molecule has 1 fully saturated rings. The van der Waals surface area contributed by atoms with Crippen LogP contribution < -0.4 is 20.1 Å². The Kier molecular flexibility index (Phi) is 10.5. The minimum atomic E-state index is -0.335. The second kappa shape index (κ2) is 14.7. The van der Waals surface area contributed by atoms with Gasteiger partial charge in [-0.05, 0) is 67.6 Å². The van der Waals surface area contributed by atoms with Crippen LogP contribution in [0.1, 0.15) is 37.3 Å². The normalized spacial score (nSPS) is 13.1. The number of nitrogens with one attached hydrogen (secondary N) is 2. The van der Waals surface area contributed by atoms with Gasteiger partial charge in [0.1, 0.15) is 30.0 Å². The number of nitrogens with zero attached hydrogens (tertiary/aromatic N) is 2. The summed E-state index contributed by atoms with van der Waals surface area (Å²) in [5, 5.41) is 17.2. The van der Waals surface area contributed by atoms with Crippen molar-refractivity contribution in [1.82, 2.24) is 4.98 Å². The molecule has 222 valence electrons. The highest BCUT2D eigenvalue weighted by atomic mass is 35.5. The van der Waals surface area contributed by atoms with E-state index in [4.69, 9.17) is 21.1 Å². The largest absolute Gasteiger partial charge is 0.492 e. The van der Waals surface area contributed by atoms with Crippen LogP contribution in [-0.4, -0.2) is 29.0 Å². The molecule has 0 atom stereocenters. The lowest BCUT2D eigenvalue weighted by Gasteiger charge is -2.17. The Bertz CT molecular complexity index is 1660. The van der Waals surface area contributed by atoms with Gasteiger partial charge in [-0.15, -0.1) is 0 Å². The summed E-state index contributed by atoms with van der Waals surface area (Å²) in [5.41, 5.74) is 3.26. The van der Waals surface area contributed by atoms with Crippen molar-refractivity contribution >= 4 is 67.1 Å². The van der Waals surface area contributed by atoms with Crippen LogP contribution in [0.5, 0.6) is 11.5 Å². The first-order chi connectivity index (χ1) is 20.9.